The van der Waals surface area contributed by atoms with Gasteiger partial charge < -0.3 is 0 Å². The molecule has 3 aromatic heterocycles. The van der Waals surface area contributed by atoms with E-state index < -0.39 is 0 Å². The van der Waals surface area contributed by atoms with Crippen LogP contribution in [0.4, 0.5) is 0 Å². The highest BCUT2D eigenvalue weighted by atomic mass is 15.2. The molecule has 0 atom stereocenters. The molecule has 0 aliphatic heterocycles. The Kier molecular flexibility index (Phi) is 4.80. The van der Waals surface area contributed by atoms with Crippen LogP contribution < -0.4 is 0 Å². The van der Waals surface area contributed by atoms with Gasteiger partial charge in [0, 0.05) is 28.1 Å². The van der Waals surface area contributed by atoms with Crippen LogP contribution >= 0.6 is 0 Å². The molecule has 3 heterocycles. The second-order valence-corrected chi connectivity index (χ2v) is 10.8. The molecule has 5 heteroatoms. The van der Waals surface area contributed by atoms with E-state index in [1.54, 1.807) is 0 Å². The predicted octanol–water partition coefficient (Wildman–Crippen LogP) is 8.00. The molecule has 190 valence electrons. The number of aromatic nitrogens is 5. The summed E-state index contributed by atoms with van der Waals surface area (Å²) in [7, 11) is 0. The maximum Gasteiger partial charge on any atom is 0.238 e. The van der Waals surface area contributed by atoms with Gasteiger partial charge in [-0.25, -0.2) is 4.98 Å². The molecular formula is C35H25N5. The SMILES string of the molecule is CC1(C)c2ccccc2-c2ccc3c4ncccc4n(-c4nc(-c5ccccc5)nc(-c5ccccc5)n4)c3c21. The Hall–Kier alpha value is -5.16. The third kappa shape index (κ3) is 3.21. The number of fused-ring (bicyclic) bond motifs is 7. The van der Waals surface area contributed by atoms with E-state index in [1.165, 1.54) is 22.3 Å². The van der Waals surface area contributed by atoms with E-state index >= 15 is 0 Å². The molecule has 1 aliphatic rings. The first-order valence-corrected chi connectivity index (χ1v) is 13.5. The molecule has 5 nitrogen and oxygen atoms in total. The number of rotatable bonds is 3. The molecule has 40 heavy (non-hydrogen) atoms. The first kappa shape index (κ1) is 22.8. The standard InChI is InChI=1S/C35H25N5/c1-35(2)27-17-10-9-16-24(27)25-19-20-26-30-28(18-11-21-36-30)40(31(26)29(25)35)34-38-32(22-12-5-3-6-13-22)37-33(39-34)23-14-7-4-8-15-23/h3-21H,1-2H3. The van der Waals surface area contributed by atoms with E-state index in [-0.39, 0.29) is 5.41 Å². The molecule has 0 amide bonds. The Bertz CT molecular complexity index is 2020. The van der Waals surface area contributed by atoms with E-state index in [9.17, 15) is 0 Å². The van der Waals surface area contributed by atoms with Gasteiger partial charge in [-0.1, -0.05) is 105 Å². The Labute approximate surface area is 231 Å². The van der Waals surface area contributed by atoms with E-state index in [0.29, 0.717) is 17.6 Å². The highest BCUT2D eigenvalue weighted by Crippen LogP contribution is 2.52. The Morgan fingerprint density at radius 3 is 1.95 bits per heavy atom. The van der Waals surface area contributed by atoms with Gasteiger partial charge in [-0.15, -0.1) is 0 Å². The van der Waals surface area contributed by atoms with Crippen molar-refractivity contribution in [3.05, 3.63) is 127 Å². The molecule has 0 bridgehead atoms. The molecule has 4 aromatic carbocycles. The Morgan fingerprint density at radius 1 is 0.600 bits per heavy atom. The highest BCUT2D eigenvalue weighted by molar-refractivity contribution is 6.11. The predicted molar refractivity (Wildman–Crippen MR) is 160 cm³/mol. The van der Waals surface area contributed by atoms with Crippen LogP contribution in [0.2, 0.25) is 0 Å². The first-order chi connectivity index (χ1) is 19.6. The van der Waals surface area contributed by atoms with E-state index in [1.807, 2.05) is 72.9 Å². The zero-order valence-corrected chi connectivity index (χ0v) is 22.2. The number of benzene rings is 4. The van der Waals surface area contributed by atoms with Crippen LogP contribution in [0.25, 0.3) is 61.8 Å². The summed E-state index contributed by atoms with van der Waals surface area (Å²) in [4.78, 5) is 20.0. The number of hydrogen-bond acceptors (Lipinski definition) is 4. The molecule has 0 radical (unpaired) electrons. The van der Waals surface area contributed by atoms with Crippen LogP contribution in [-0.4, -0.2) is 24.5 Å². The molecule has 1 aliphatic carbocycles. The summed E-state index contributed by atoms with van der Waals surface area (Å²) in [5, 5.41) is 1.10. The molecule has 0 unspecified atom stereocenters. The van der Waals surface area contributed by atoms with E-state index in [0.717, 1.165) is 33.1 Å². The van der Waals surface area contributed by atoms with Gasteiger partial charge in [0.25, 0.3) is 0 Å². The lowest BCUT2D eigenvalue weighted by atomic mass is 9.81. The molecule has 0 fully saturated rings. The van der Waals surface area contributed by atoms with Crippen molar-refractivity contribution < 1.29 is 0 Å². The molecule has 7 aromatic rings. The van der Waals surface area contributed by atoms with Crippen molar-refractivity contribution in [2.75, 3.05) is 0 Å². The Morgan fingerprint density at radius 2 is 1.25 bits per heavy atom. The van der Waals surface area contributed by atoms with Gasteiger partial charge in [0.05, 0.1) is 16.6 Å². The molecule has 0 N–H and O–H groups in total. The second kappa shape index (κ2) is 8.42. The number of nitrogens with zero attached hydrogens (tertiary/aromatic N) is 5. The van der Waals surface area contributed by atoms with Gasteiger partial charge in [0.1, 0.15) is 0 Å². The van der Waals surface area contributed by atoms with E-state index in [4.69, 9.17) is 19.9 Å². The summed E-state index contributed by atoms with van der Waals surface area (Å²) in [6.45, 7) is 4.62. The monoisotopic (exact) mass is 515 g/mol. The fraction of sp³-hybridized carbons (Fsp3) is 0.0857. The van der Waals surface area contributed by atoms with Crippen molar-refractivity contribution in [3.63, 3.8) is 0 Å². The summed E-state index contributed by atoms with van der Waals surface area (Å²) in [6.07, 6.45) is 1.86. The highest BCUT2D eigenvalue weighted by Gasteiger charge is 2.38. The average Bonchev–Trinajstić information content (AvgIpc) is 3.47. The van der Waals surface area contributed by atoms with Crippen molar-refractivity contribution in [1.82, 2.24) is 24.5 Å². The minimum atomic E-state index is -0.213. The van der Waals surface area contributed by atoms with Crippen LogP contribution in [0.1, 0.15) is 25.0 Å². The van der Waals surface area contributed by atoms with Crippen LogP contribution in [0, 0.1) is 0 Å². The zero-order valence-electron chi connectivity index (χ0n) is 22.2. The lowest BCUT2D eigenvalue weighted by molar-refractivity contribution is 0.663. The van der Waals surface area contributed by atoms with Crippen LogP contribution in [0.3, 0.4) is 0 Å². The second-order valence-electron chi connectivity index (χ2n) is 10.8. The fourth-order valence-corrected chi connectivity index (χ4v) is 6.28. The van der Waals surface area contributed by atoms with Crippen molar-refractivity contribution in [1.29, 1.82) is 0 Å². The summed E-state index contributed by atoms with van der Waals surface area (Å²) in [6, 6.07) is 37.5. The Balaban J connectivity index is 1.51. The zero-order chi connectivity index (χ0) is 26.8. The van der Waals surface area contributed by atoms with Crippen molar-refractivity contribution in [2.24, 2.45) is 0 Å². The topological polar surface area (TPSA) is 56.5 Å². The largest absolute Gasteiger partial charge is 0.276 e. The summed E-state index contributed by atoms with van der Waals surface area (Å²) < 4.78 is 2.20. The van der Waals surface area contributed by atoms with Crippen molar-refractivity contribution in [3.8, 4) is 39.9 Å². The molecular weight excluding hydrogens is 490 g/mol. The van der Waals surface area contributed by atoms with E-state index in [2.05, 4.69) is 60.9 Å². The van der Waals surface area contributed by atoms with Gasteiger partial charge in [-0.05, 0) is 40.5 Å². The normalized spacial score (nSPS) is 13.4. The number of hydrogen-bond donors (Lipinski definition) is 0. The van der Waals surface area contributed by atoms with Gasteiger partial charge in [0.2, 0.25) is 5.95 Å². The fourth-order valence-electron chi connectivity index (χ4n) is 6.28. The lowest BCUT2D eigenvalue weighted by Crippen LogP contribution is -2.17. The maximum absolute atomic E-state index is 5.11. The minimum Gasteiger partial charge on any atom is -0.276 e. The molecule has 0 saturated heterocycles. The third-order valence-electron chi connectivity index (χ3n) is 8.09. The van der Waals surface area contributed by atoms with Crippen molar-refractivity contribution in [2.45, 2.75) is 19.3 Å². The lowest BCUT2D eigenvalue weighted by Gasteiger charge is -2.23. The van der Waals surface area contributed by atoms with Gasteiger partial charge >= 0.3 is 0 Å². The smallest absolute Gasteiger partial charge is 0.238 e. The summed E-state index contributed by atoms with van der Waals surface area (Å²) in [5.41, 5.74) is 9.81. The van der Waals surface area contributed by atoms with Gasteiger partial charge in [-0.2, -0.15) is 9.97 Å². The third-order valence-corrected chi connectivity index (χ3v) is 8.09. The van der Waals surface area contributed by atoms with Crippen molar-refractivity contribution >= 4 is 21.9 Å². The summed E-state index contributed by atoms with van der Waals surface area (Å²) in [5.74, 6) is 1.86. The quantitative estimate of drug-likeness (QED) is 0.239. The van der Waals surface area contributed by atoms with Gasteiger partial charge in [0.15, 0.2) is 11.6 Å². The maximum atomic E-state index is 5.11. The molecule has 8 rings (SSSR count). The first-order valence-electron chi connectivity index (χ1n) is 13.5. The van der Waals surface area contributed by atoms with Crippen LogP contribution in [0.15, 0.2) is 115 Å². The molecule has 0 spiro atoms. The summed E-state index contributed by atoms with van der Waals surface area (Å²) >= 11 is 0. The average molecular weight is 516 g/mol. The van der Waals surface area contributed by atoms with Crippen LogP contribution in [0.5, 0.6) is 0 Å². The van der Waals surface area contributed by atoms with Crippen LogP contribution in [-0.2, 0) is 5.41 Å². The molecule has 0 saturated carbocycles. The minimum absolute atomic E-state index is 0.213. The van der Waals surface area contributed by atoms with Gasteiger partial charge in [-0.3, -0.25) is 9.55 Å². The number of pyridine rings is 1.